The van der Waals surface area contributed by atoms with Crippen molar-refractivity contribution in [2.75, 3.05) is 18.0 Å². The molecule has 3 N–H and O–H groups in total. The minimum absolute atomic E-state index is 0.514. The molecule has 4 nitrogen and oxygen atoms in total. The summed E-state index contributed by atoms with van der Waals surface area (Å²) in [5, 5.41) is 22.7. The second kappa shape index (κ2) is 5.12. The Labute approximate surface area is 114 Å². The Morgan fingerprint density at radius 3 is 2.47 bits per heavy atom. The van der Waals surface area contributed by atoms with Crippen LogP contribution in [-0.4, -0.2) is 41.6 Å². The van der Waals surface area contributed by atoms with Crippen LogP contribution >= 0.6 is 0 Å². The van der Waals surface area contributed by atoms with E-state index in [2.05, 4.69) is 30.4 Å². The second-order valence-electron chi connectivity index (χ2n) is 5.81. The standard InChI is InChI=1S/C15H22N2O2/c1-10-6-13(17-8-14(18)15(19)9-17)5-2-11(10)7-16-12-3-4-12/h2,5-6,12,14-16,18-19H,3-4,7-9H2,1H3. The van der Waals surface area contributed by atoms with Gasteiger partial charge in [-0.25, -0.2) is 0 Å². The molecule has 2 aliphatic rings. The lowest BCUT2D eigenvalue weighted by atomic mass is 10.1. The molecule has 1 saturated heterocycles. The number of β-amino-alcohol motifs (C(OH)–C–C–N with tert-alkyl or cyclic N) is 2. The van der Waals surface area contributed by atoms with Crippen molar-refractivity contribution in [3.05, 3.63) is 29.3 Å². The number of aryl methyl sites for hydroxylation is 1. The van der Waals surface area contributed by atoms with Crippen molar-refractivity contribution in [2.45, 2.75) is 44.6 Å². The molecule has 1 saturated carbocycles. The Morgan fingerprint density at radius 1 is 1.21 bits per heavy atom. The monoisotopic (exact) mass is 262 g/mol. The van der Waals surface area contributed by atoms with Crippen LogP contribution in [0, 0.1) is 6.92 Å². The van der Waals surface area contributed by atoms with Gasteiger partial charge in [-0.1, -0.05) is 6.07 Å². The highest BCUT2D eigenvalue weighted by atomic mass is 16.3. The zero-order chi connectivity index (χ0) is 13.4. The molecule has 1 aromatic rings. The van der Waals surface area contributed by atoms with E-state index in [1.54, 1.807) is 0 Å². The Hall–Kier alpha value is -1.10. The van der Waals surface area contributed by atoms with Crippen molar-refractivity contribution in [1.29, 1.82) is 0 Å². The number of anilines is 1. The number of aliphatic hydroxyl groups is 2. The van der Waals surface area contributed by atoms with Crippen molar-refractivity contribution in [3.8, 4) is 0 Å². The fourth-order valence-electron chi connectivity index (χ4n) is 2.60. The molecule has 1 aromatic carbocycles. The Morgan fingerprint density at radius 2 is 1.89 bits per heavy atom. The van der Waals surface area contributed by atoms with Crippen molar-refractivity contribution in [3.63, 3.8) is 0 Å². The third kappa shape index (κ3) is 2.91. The maximum absolute atomic E-state index is 9.60. The molecule has 0 spiro atoms. The van der Waals surface area contributed by atoms with Gasteiger partial charge in [-0.15, -0.1) is 0 Å². The summed E-state index contributed by atoms with van der Waals surface area (Å²) in [5.41, 5.74) is 3.68. The summed E-state index contributed by atoms with van der Waals surface area (Å²) in [6, 6.07) is 7.11. The first-order chi connectivity index (χ1) is 9.13. The minimum Gasteiger partial charge on any atom is -0.389 e. The van der Waals surface area contributed by atoms with Gasteiger partial charge in [0, 0.05) is 31.4 Å². The van der Waals surface area contributed by atoms with Gasteiger partial charge in [0.2, 0.25) is 0 Å². The van der Waals surface area contributed by atoms with Crippen LogP contribution in [0.15, 0.2) is 18.2 Å². The number of benzene rings is 1. The maximum Gasteiger partial charge on any atom is 0.0990 e. The first-order valence-electron chi connectivity index (χ1n) is 7.07. The summed E-state index contributed by atoms with van der Waals surface area (Å²) in [6.07, 6.45) is 1.36. The SMILES string of the molecule is Cc1cc(N2CC(O)C(O)C2)ccc1CNC1CC1. The third-order valence-corrected chi connectivity index (χ3v) is 4.11. The average Bonchev–Trinajstić information content (AvgIpc) is 3.14. The van der Waals surface area contributed by atoms with Crippen LogP contribution in [-0.2, 0) is 6.54 Å². The van der Waals surface area contributed by atoms with Gasteiger partial charge in [-0.3, -0.25) is 0 Å². The number of hydrogen-bond acceptors (Lipinski definition) is 4. The fraction of sp³-hybridized carbons (Fsp3) is 0.600. The summed E-state index contributed by atoms with van der Waals surface area (Å²) >= 11 is 0. The summed E-state index contributed by atoms with van der Waals surface area (Å²) in [7, 11) is 0. The lowest BCUT2D eigenvalue weighted by Crippen LogP contribution is -2.22. The van der Waals surface area contributed by atoms with E-state index >= 15 is 0 Å². The molecule has 0 bridgehead atoms. The predicted octanol–water partition coefficient (Wildman–Crippen LogP) is 0.789. The minimum atomic E-state index is -0.628. The molecule has 4 heteroatoms. The summed E-state index contributed by atoms with van der Waals surface area (Å²) in [5.74, 6) is 0. The molecular formula is C15H22N2O2. The van der Waals surface area contributed by atoms with Crippen LogP contribution < -0.4 is 10.2 Å². The molecular weight excluding hydrogens is 240 g/mol. The lowest BCUT2D eigenvalue weighted by molar-refractivity contribution is 0.0572. The smallest absolute Gasteiger partial charge is 0.0990 e. The van der Waals surface area contributed by atoms with Gasteiger partial charge < -0.3 is 20.4 Å². The molecule has 0 amide bonds. The van der Waals surface area contributed by atoms with E-state index < -0.39 is 12.2 Å². The number of nitrogens with zero attached hydrogens (tertiary/aromatic N) is 1. The maximum atomic E-state index is 9.60. The summed E-state index contributed by atoms with van der Waals surface area (Å²) in [4.78, 5) is 2.04. The van der Waals surface area contributed by atoms with E-state index in [1.165, 1.54) is 24.0 Å². The van der Waals surface area contributed by atoms with Gasteiger partial charge in [0.15, 0.2) is 0 Å². The Balaban J connectivity index is 1.68. The zero-order valence-corrected chi connectivity index (χ0v) is 11.3. The van der Waals surface area contributed by atoms with Crippen LogP contribution in [0.5, 0.6) is 0 Å². The van der Waals surface area contributed by atoms with Crippen molar-refractivity contribution < 1.29 is 10.2 Å². The van der Waals surface area contributed by atoms with Crippen LogP contribution in [0.2, 0.25) is 0 Å². The van der Waals surface area contributed by atoms with E-state index in [9.17, 15) is 10.2 Å². The summed E-state index contributed by atoms with van der Waals surface area (Å²) in [6.45, 7) is 4.08. The first kappa shape index (κ1) is 12.9. The molecule has 1 aliphatic carbocycles. The molecule has 104 valence electrons. The topological polar surface area (TPSA) is 55.7 Å². The van der Waals surface area contributed by atoms with E-state index in [0.29, 0.717) is 13.1 Å². The molecule has 1 aliphatic heterocycles. The van der Waals surface area contributed by atoms with Crippen LogP contribution in [0.4, 0.5) is 5.69 Å². The molecule has 0 aromatic heterocycles. The number of hydrogen-bond donors (Lipinski definition) is 3. The highest BCUT2D eigenvalue weighted by molar-refractivity contribution is 5.52. The van der Waals surface area contributed by atoms with Crippen LogP contribution in [0.3, 0.4) is 0 Å². The molecule has 1 heterocycles. The molecule has 3 rings (SSSR count). The van der Waals surface area contributed by atoms with Crippen molar-refractivity contribution in [2.24, 2.45) is 0 Å². The summed E-state index contributed by atoms with van der Waals surface area (Å²) < 4.78 is 0. The van der Waals surface area contributed by atoms with E-state index in [1.807, 2.05) is 4.90 Å². The number of aliphatic hydroxyl groups excluding tert-OH is 2. The fourth-order valence-corrected chi connectivity index (χ4v) is 2.60. The molecule has 0 radical (unpaired) electrons. The van der Waals surface area contributed by atoms with E-state index in [4.69, 9.17) is 0 Å². The molecule has 2 atom stereocenters. The Kier molecular flexibility index (Phi) is 3.48. The largest absolute Gasteiger partial charge is 0.389 e. The van der Waals surface area contributed by atoms with Gasteiger partial charge in [0.25, 0.3) is 0 Å². The van der Waals surface area contributed by atoms with Gasteiger partial charge in [-0.2, -0.15) is 0 Å². The van der Waals surface area contributed by atoms with E-state index in [0.717, 1.165) is 18.3 Å². The van der Waals surface area contributed by atoms with Crippen LogP contribution in [0.25, 0.3) is 0 Å². The third-order valence-electron chi connectivity index (χ3n) is 4.11. The highest BCUT2D eigenvalue weighted by Crippen LogP contribution is 2.24. The Bertz CT molecular complexity index is 449. The zero-order valence-electron chi connectivity index (χ0n) is 11.3. The van der Waals surface area contributed by atoms with Crippen molar-refractivity contribution in [1.82, 2.24) is 5.32 Å². The van der Waals surface area contributed by atoms with Gasteiger partial charge in [0.05, 0.1) is 12.2 Å². The highest BCUT2D eigenvalue weighted by Gasteiger charge is 2.29. The van der Waals surface area contributed by atoms with Crippen LogP contribution in [0.1, 0.15) is 24.0 Å². The lowest BCUT2D eigenvalue weighted by Gasteiger charge is -2.19. The second-order valence-corrected chi connectivity index (χ2v) is 5.81. The number of nitrogens with one attached hydrogen (secondary N) is 1. The molecule has 2 unspecified atom stereocenters. The van der Waals surface area contributed by atoms with Gasteiger partial charge >= 0.3 is 0 Å². The number of rotatable bonds is 4. The van der Waals surface area contributed by atoms with E-state index in [-0.39, 0.29) is 0 Å². The van der Waals surface area contributed by atoms with Crippen molar-refractivity contribution >= 4 is 5.69 Å². The first-order valence-corrected chi connectivity index (χ1v) is 7.07. The quantitative estimate of drug-likeness (QED) is 0.751. The van der Waals surface area contributed by atoms with Gasteiger partial charge in [0.1, 0.15) is 0 Å². The molecule has 2 fully saturated rings. The average molecular weight is 262 g/mol. The normalized spacial score (nSPS) is 27.0. The predicted molar refractivity (Wildman–Crippen MR) is 75.3 cm³/mol. The van der Waals surface area contributed by atoms with Gasteiger partial charge in [-0.05, 0) is 43.0 Å². The molecule has 19 heavy (non-hydrogen) atoms.